The maximum atomic E-state index is 14.3. The number of carbonyl (C=O) groups is 2. The number of furan rings is 1. The van der Waals surface area contributed by atoms with Crippen molar-refractivity contribution in [2.24, 2.45) is 13.0 Å². The first-order chi connectivity index (χ1) is 22.6. The van der Waals surface area contributed by atoms with Crippen LogP contribution in [0.5, 0.6) is 0 Å². The molecule has 2 aromatic carbocycles. The van der Waals surface area contributed by atoms with E-state index >= 15 is 0 Å². The summed E-state index contributed by atoms with van der Waals surface area (Å²) in [7, 11) is 3.02. The second kappa shape index (κ2) is 13.3. The van der Waals surface area contributed by atoms with Crippen LogP contribution in [0.3, 0.4) is 0 Å². The van der Waals surface area contributed by atoms with Crippen molar-refractivity contribution >= 4 is 11.7 Å². The lowest BCUT2D eigenvalue weighted by Crippen LogP contribution is -2.30. The smallest absolute Gasteiger partial charge is 0.263 e. The van der Waals surface area contributed by atoms with E-state index in [4.69, 9.17) is 14.4 Å². The van der Waals surface area contributed by atoms with Gasteiger partial charge >= 0.3 is 0 Å². The number of pyridine rings is 1. The van der Waals surface area contributed by atoms with E-state index in [-0.39, 0.29) is 30.1 Å². The Kier molecular flexibility index (Phi) is 8.97. The summed E-state index contributed by atoms with van der Waals surface area (Å²) in [5.74, 6) is -2.28. The Labute approximate surface area is 269 Å². The lowest BCUT2D eigenvalue weighted by atomic mass is 9.90. The van der Waals surface area contributed by atoms with Crippen LogP contribution in [0.25, 0.3) is 16.9 Å². The number of nitrogens with zero attached hydrogens (tertiary/aromatic N) is 4. The Balaban J connectivity index is 1.33. The normalized spacial score (nSPS) is 16.4. The van der Waals surface area contributed by atoms with Crippen molar-refractivity contribution in [2.75, 3.05) is 13.6 Å². The van der Waals surface area contributed by atoms with Gasteiger partial charge in [-0.1, -0.05) is 24.3 Å². The van der Waals surface area contributed by atoms with Gasteiger partial charge in [-0.3, -0.25) is 19.2 Å². The Morgan fingerprint density at radius 3 is 2.53 bits per heavy atom. The molecule has 5 aromatic rings. The molecular formula is C35H33F2N5O5. The molecule has 4 heterocycles. The standard InChI is InChI=1S/C35H33F2N5O5/c1-21-31(42(25-8-5-4-6-9-25)39-32(21)23-15-28(34(44)38-2)35(45)40(3)18-23)17-26(43)14-24-19-41(20-27-10-7-13-46-27)47-33(24)22-11-12-29(36)30(37)16-22/h4-13,15-16,18,24,33H,14,17,19-20H2,1-3H3,(H,38,44)/t24-,33+/m1/s1. The van der Waals surface area contributed by atoms with Gasteiger partial charge in [-0.25, -0.2) is 13.5 Å². The van der Waals surface area contributed by atoms with Gasteiger partial charge in [-0.2, -0.15) is 10.2 Å². The number of amides is 1. The predicted molar refractivity (Wildman–Crippen MR) is 168 cm³/mol. The molecule has 242 valence electrons. The number of Topliss-reactive ketones (excluding diaryl/α,β-unsaturated/α-hetero) is 1. The lowest BCUT2D eigenvalue weighted by Gasteiger charge is -2.18. The monoisotopic (exact) mass is 641 g/mol. The van der Waals surface area contributed by atoms with E-state index in [9.17, 15) is 23.2 Å². The van der Waals surface area contributed by atoms with Gasteiger partial charge in [0.25, 0.3) is 11.5 Å². The fourth-order valence-corrected chi connectivity index (χ4v) is 6.00. The first-order valence-corrected chi connectivity index (χ1v) is 15.1. The van der Waals surface area contributed by atoms with Crippen molar-refractivity contribution in [1.82, 2.24) is 24.7 Å². The molecule has 12 heteroatoms. The SMILES string of the molecule is CNC(=O)c1cc(-c2nn(-c3ccccc3)c(CC(=O)C[C@@H]3CN(Cc4ccco4)O[C@H]3c3ccc(F)c(F)c3)c2C)cn(C)c1=O. The number of halogens is 2. The van der Waals surface area contributed by atoms with Crippen molar-refractivity contribution < 1.29 is 27.6 Å². The number of hydroxylamine groups is 2. The lowest BCUT2D eigenvalue weighted by molar-refractivity contribution is -0.158. The molecule has 10 nitrogen and oxygen atoms in total. The van der Waals surface area contributed by atoms with Crippen LogP contribution in [-0.4, -0.2) is 44.7 Å². The topological polar surface area (TPSA) is 112 Å². The van der Waals surface area contributed by atoms with Crippen LogP contribution in [0.15, 0.2) is 88.4 Å². The number of aryl methyl sites for hydroxylation is 1. The molecule has 0 spiro atoms. The minimum Gasteiger partial charge on any atom is -0.468 e. The first kappa shape index (κ1) is 31.8. The third kappa shape index (κ3) is 6.56. The van der Waals surface area contributed by atoms with E-state index < -0.39 is 29.2 Å². The molecular weight excluding hydrogens is 608 g/mol. The van der Waals surface area contributed by atoms with Gasteiger partial charge in [-0.05, 0) is 60.5 Å². The van der Waals surface area contributed by atoms with Crippen molar-refractivity contribution in [3.05, 3.63) is 129 Å². The van der Waals surface area contributed by atoms with E-state index in [1.807, 2.05) is 43.3 Å². The zero-order valence-corrected chi connectivity index (χ0v) is 26.1. The number of carbonyl (C=O) groups excluding carboxylic acids is 2. The summed E-state index contributed by atoms with van der Waals surface area (Å²) < 4.78 is 36.6. The van der Waals surface area contributed by atoms with Gasteiger partial charge in [-0.15, -0.1) is 0 Å². The number of nitrogens with one attached hydrogen (secondary N) is 1. The predicted octanol–water partition coefficient (Wildman–Crippen LogP) is 5.08. The molecule has 0 bridgehead atoms. The van der Waals surface area contributed by atoms with Crippen molar-refractivity contribution in [2.45, 2.75) is 32.4 Å². The largest absolute Gasteiger partial charge is 0.468 e. The van der Waals surface area contributed by atoms with Gasteiger partial charge in [0.05, 0.1) is 29.9 Å². The third-order valence-corrected chi connectivity index (χ3v) is 8.34. The summed E-state index contributed by atoms with van der Waals surface area (Å²) >= 11 is 0. The molecule has 1 amide bonds. The molecule has 0 aliphatic carbocycles. The molecule has 3 aromatic heterocycles. The average molecular weight is 642 g/mol. The second-order valence-corrected chi connectivity index (χ2v) is 11.6. The molecule has 0 saturated carbocycles. The summed E-state index contributed by atoms with van der Waals surface area (Å²) in [4.78, 5) is 45.2. The highest BCUT2D eigenvalue weighted by atomic mass is 19.2. The van der Waals surface area contributed by atoms with Gasteiger partial charge in [0.1, 0.15) is 23.2 Å². The number of para-hydroxylation sites is 1. The van der Waals surface area contributed by atoms with Gasteiger partial charge in [0, 0.05) is 51.2 Å². The summed E-state index contributed by atoms with van der Waals surface area (Å²) in [5.41, 5.74) is 3.10. The first-order valence-electron chi connectivity index (χ1n) is 15.1. The average Bonchev–Trinajstić information content (AvgIpc) is 3.80. The number of hydrogen-bond donors (Lipinski definition) is 1. The Morgan fingerprint density at radius 2 is 1.83 bits per heavy atom. The Bertz CT molecular complexity index is 1990. The van der Waals surface area contributed by atoms with Crippen LogP contribution in [0.4, 0.5) is 8.78 Å². The number of aromatic nitrogens is 3. The van der Waals surface area contributed by atoms with E-state index in [2.05, 4.69) is 5.32 Å². The number of ketones is 1. The van der Waals surface area contributed by atoms with E-state index in [0.717, 1.165) is 17.8 Å². The Hall–Kier alpha value is -5.20. The minimum atomic E-state index is -0.992. The van der Waals surface area contributed by atoms with E-state index in [1.165, 1.54) is 23.7 Å². The number of hydrogen-bond acceptors (Lipinski definition) is 7. The summed E-state index contributed by atoms with van der Waals surface area (Å²) in [6.07, 6.45) is 2.59. The fourth-order valence-electron chi connectivity index (χ4n) is 6.00. The van der Waals surface area contributed by atoms with Crippen molar-refractivity contribution in [1.29, 1.82) is 0 Å². The van der Waals surface area contributed by atoms with Crippen LogP contribution < -0.4 is 10.9 Å². The fraction of sp³-hybridized carbons (Fsp3) is 0.257. The minimum absolute atomic E-state index is 0.0149. The molecule has 1 saturated heterocycles. The van der Waals surface area contributed by atoms with Crippen LogP contribution in [0.1, 0.15) is 45.5 Å². The molecule has 6 rings (SSSR count). The molecule has 0 unspecified atom stereocenters. The molecule has 1 N–H and O–H groups in total. The zero-order valence-electron chi connectivity index (χ0n) is 26.1. The summed E-state index contributed by atoms with van der Waals surface area (Å²) in [5, 5.41) is 9.03. The molecule has 0 radical (unpaired) electrons. The van der Waals surface area contributed by atoms with Crippen molar-refractivity contribution in [3.63, 3.8) is 0 Å². The molecule has 1 fully saturated rings. The highest BCUT2D eigenvalue weighted by molar-refractivity contribution is 5.94. The van der Waals surface area contributed by atoms with Crippen LogP contribution in [-0.2, 0) is 29.6 Å². The maximum Gasteiger partial charge on any atom is 0.263 e. The molecule has 1 aliphatic rings. The van der Waals surface area contributed by atoms with E-state index in [1.54, 1.807) is 35.3 Å². The number of rotatable bonds is 10. The Morgan fingerprint density at radius 1 is 1.04 bits per heavy atom. The summed E-state index contributed by atoms with van der Waals surface area (Å²) in [6.45, 7) is 2.53. The molecule has 2 atom stereocenters. The second-order valence-electron chi connectivity index (χ2n) is 11.6. The van der Waals surface area contributed by atoms with Crippen LogP contribution >= 0.6 is 0 Å². The quantitative estimate of drug-likeness (QED) is 0.226. The highest BCUT2D eigenvalue weighted by Gasteiger charge is 2.37. The van der Waals surface area contributed by atoms with E-state index in [0.29, 0.717) is 46.9 Å². The van der Waals surface area contributed by atoms with Gasteiger partial charge in [0.15, 0.2) is 11.6 Å². The van der Waals surface area contributed by atoms with Gasteiger partial charge < -0.3 is 14.3 Å². The number of benzene rings is 2. The molecule has 47 heavy (non-hydrogen) atoms. The zero-order chi connectivity index (χ0) is 33.2. The molecule has 1 aliphatic heterocycles. The summed E-state index contributed by atoms with van der Waals surface area (Å²) in [6, 6.07) is 18.1. The highest BCUT2D eigenvalue weighted by Crippen LogP contribution is 2.38. The van der Waals surface area contributed by atoms with Crippen molar-refractivity contribution in [3.8, 4) is 16.9 Å². The third-order valence-electron chi connectivity index (χ3n) is 8.34. The van der Waals surface area contributed by atoms with Crippen LogP contribution in [0.2, 0.25) is 0 Å². The van der Waals surface area contributed by atoms with Crippen LogP contribution in [0, 0.1) is 24.5 Å². The van der Waals surface area contributed by atoms with Gasteiger partial charge in [0.2, 0.25) is 0 Å². The maximum absolute atomic E-state index is 14.3.